The van der Waals surface area contributed by atoms with Gasteiger partial charge in [0.15, 0.2) is 0 Å². The molecule has 6 nitrogen and oxygen atoms in total. The van der Waals surface area contributed by atoms with Crippen molar-refractivity contribution in [2.24, 2.45) is 0 Å². The standard InChI is InChI=1S/C34H40N4O2/c1-26-31(24-35-30-20-22-37(23-21-30)32(39)40-33(2,3)4)38(25-36-26)34(27-14-8-5-9-15-27,28-16-10-6-11-17-28)29-18-12-7-13-19-29/h5-19,25,30,35H,20-24H2,1-4H3. The molecule has 0 spiro atoms. The number of amides is 1. The second kappa shape index (κ2) is 11.7. The normalized spacial score (nSPS) is 14.8. The van der Waals surface area contributed by atoms with Crippen molar-refractivity contribution in [3.8, 4) is 0 Å². The number of aryl methyl sites for hydroxylation is 1. The van der Waals surface area contributed by atoms with Crippen LogP contribution in [-0.2, 0) is 16.8 Å². The molecule has 40 heavy (non-hydrogen) atoms. The monoisotopic (exact) mass is 536 g/mol. The Bertz CT molecular complexity index is 1290. The van der Waals surface area contributed by atoms with Gasteiger partial charge in [-0.15, -0.1) is 0 Å². The first-order chi connectivity index (χ1) is 19.3. The summed E-state index contributed by atoms with van der Waals surface area (Å²) >= 11 is 0. The van der Waals surface area contributed by atoms with E-state index in [1.54, 1.807) is 0 Å². The molecule has 1 amide bonds. The molecule has 0 saturated carbocycles. The van der Waals surface area contributed by atoms with Crippen molar-refractivity contribution in [3.05, 3.63) is 125 Å². The number of carbonyl (C=O) groups is 1. The molecule has 1 N–H and O–H groups in total. The van der Waals surface area contributed by atoms with E-state index in [2.05, 4.69) is 108 Å². The predicted octanol–water partition coefficient (Wildman–Crippen LogP) is 6.52. The van der Waals surface area contributed by atoms with Crippen LogP contribution in [0.2, 0.25) is 0 Å². The Kier molecular flexibility index (Phi) is 8.08. The molecule has 208 valence electrons. The second-order valence-electron chi connectivity index (χ2n) is 11.6. The van der Waals surface area contributed by atoms with Gasteiger partial charge in [-0.25, -0.2) is 9.78 Å². The minimum absolute atomic E-state index is 0.224. The average Bonchev–Trinajstić information content (AvgIpc) is 3.33. The number of benzene rings is 3. The van der Waals surface area contributed by atoms with Crippen molar-refractivity contribution in [1.82, 2.24) is 19.8 Å². The molecule has 1 saturated heterocycles. The lowest BCUT2D eigenvalue weighted by Crippen LogP contribution is -2.46. The number of ether oxygens (including phenoxy) is 1. The molecule has 0 atom stereocenters. The molecular weight excluding hydrogens is 496 g/mol. The van der Waals surface area contributed by atoms with Gasteiger partial charge in [0.2, 0.25) is 0 Å². The summed E-state index contributed by atoms with van der Waals surface area (Å²) in [6.45, 7) is 9.86. The van der Waals surface area contributed by atoms with E-state index >= 15 is 0 Å². The predicted molar refractivity (Wildman–Crippen MR) is 159 cm³/mol. The number of rotatable bonds is 7. The highest BCUT2D eigenvalue weighted by atomic mass is 16.6. The van der Waals surface area contributed by atoms with Gasteiger partial charge in [-0.3, -0.25) is 0 Å². The maximum atomic E-state index is 12.5. The SMILES string of the molecule is Cc1ncn(C(c2ccccc2)(c2ccccc2)c2ccccc2)c1CNC1CCN(C(=O)OC(C)(C)C)CC1. The van der Waals surface area contributed by atoms with Crippen LogP contribution >= 0.6 is 0 Å². The van der Waals surface area contributed by atoms with E-state index in [9.17, 15) is 4.79 Å². The van der Waals surface area contributed by atoms with Gasteiger partial charge in [-0.2, -0.15) is 0 Å². The van der Waals surface area contributed by atoms with Crippen LogP contribution in [0.25, 0.3) is 0 Å². The molecule has 3 aromatic carbocycles. The minimum Gasteiger partial charge on any atom is -0.444 e. The number of nitrogens with one attached hydrogen (secondary N) is 1. The number of hydrogen-bond acceptors (Lipinski definition) is 4. The molecule has 1 aliphatic rings. The third-order valence-corrected chi connectivity index (χ3v) is 7.72. The number of aromatic nitrogens is 2. The number of piperidine rings is 1. The largest absolute Gasteiger partial charge is 0.444 e. The van der Waals surface area contributed by atoms with Crippen LogP contribution in [0.3, 0.4) is 0 Å². The van der Waals surface area contributed by atoms with Crippen molar-refractivity contribution in [3.63, 3.8) is 0 Å². The molecule has 0 aliphatic carbocycles. The quantitative estimate of drug-likeness (QED) is 0.273. The number of nitrogens with zero attached hydrogens (tertiary/aromatic N) is 3. The maximum Gasteiger partial charge on any atom is 0.410 e. The zero-order chi connectivity index (χ0) is 28.2. The fourth-order valence-electron chi connectivity index (χ4n) is 5.75. The van der Waals surface area contributed by atoms with Crippen LogP contribution in [0, 0.1) is 6.92 Å². The highest BCUT2D eigenvalue weighted by molar-refractivity contribution is 5.68. The third kappa shape index (κ3) is 5.68. The summed E-state index contributed by atoms with van der Waals surface area (Å²) in [5, 5.41) is 3.80. The molecule has 0 bridgehead atoms. The summed E-state index contributed by atoms with van der Waals surface area (Å²) in [5.74, 6) is 0. The van der Waals surface area contributed by atoms with E-state index in [0.29, 0.717) is 25.7 Å². The number of imidazole rings is 1. The average molecular weight is 537 g/mol. The lowest BCUT2D eigenvalue weighted by Gasteiger charge is -2.39. The first kappa shape index (κ1) is 27.7. The Morgan fingerprint density at radius 1 is 0.850 bits per heavy atom. The minimum atomic E-state index is -0.595. The van der Waals surface area contributed by atoms with Crippen molar-refractivity contribution < 1.29 is 9.53 Å². The zero-order valence-electron chi connectivity index (χ0n) is 24.0. The van der Waals surface area contributed by atoms with Crippen LogP contribution in [0.15, 0.2) is 97.3 Å². The molecule has 0 unspecified atom stereocenters. The van der Waals surface area contributed by atoms with Crippen molar-refractivity contribution in [1.29, 1.82) is 0 Å². The van der Waals surface area contributed by atoms with E-state index < -0.39 is 11.1 Å². The van der Waals surface area contributed by atoms with E-state index in [4.69, 9.17) is 9.72 Å². The van der Waals surface area contributed by atoms with Gasteiger partial charge in [0.25, 0.3) is 0 Å². The third-order valence-electron chi connectivity index (χ3n) is 7.72. The second-order valence-corrected chi connectivity index (χ2v) is 11.6. The summed E-state index contributed by atoms with van der Waals surface area (Å²) in [6.07, 6.45) is 3.53. The van der Waals surface area contributed by atoms with Gasteiger partial charge in [0.1, 0.15) is 11.1 Å². The lowest BCUT2D eigenvalue weighted by molar-refractivity contribution is 0.0198. The smallest absolute Gasteiger partial charge is 0.410 e. The molecule has 6 heteroatoms. The summed E-state index contributed by atoms with van der Waals surface area (Å²) in [5.41, 5.74) is 4.61. The Morgan fingerprint density at radius 3 is 1.77 bits per heavy atom. The van der Waals surface area contributed by atoms with E-state index in [1.165, 1.54) is 16.7 Å². The first-order valence-corrected chi connectivity index (χ1v) is 14.2. The number of carbonyl (C=O) groups excluding carboxylic acids is 1. The highest BCUT2D eigenvalue weighted by Crippen LogP contribution is 2.42. The Morgan fingerprint density at radius 2 is 1.32 bits per heavy atom. The topological polar surface area (TPSA) is 59.4 Å². The summed E-state index contributed by atoms with van der Waals surface area (Å²) in [4.78, 5) is 19.2. The Labute approximate surface area is 238 Å². The molecular formula is C34H40N4O2. The first-order valence-electron chi connectivity index (χ1n) is 14.2. The van der Waals surface area contributed by atoms with Gasteiger partial charge in [-0.1, -0.05) is 91.0 Å². The van der Waals surface area contributed by atoms with Crippen LogP contribution < -0.4 is 5.32 Å². The van der Waals surface area contributed by atoms with E-state index in [0.717, 1.165) is 24.2 Å². The van der Waals surface area contributed by atoms with Gasteiger partial charge >= 0.3 is 6.09 Å². The van der Waals surface area contributed by atoms with Crippen molar-refractivity contribution in [2.45, 2.75) is 64.3 Å². The Hall–Kier alpha value is -3.90. The molecule has 1 fully saturated rings. The fraction of sp³-hybridized carbons (Fsp3) is 0.353. The zero-order valence-corrected chi connectivity index (χ0v) is 24.0. The highest BCUT2D eigenvalue weighted by Gasteiger charge is 2.40. The van der Waals surface area contributed by atoms with Gasteiger partial charge in [-0.05, 0) is 57.2 Å². The van der Waals surface area contributed by atoms with Crippen molar-refractivity contribution in [2.75, 3.05) is 13.1 Å². The molecule has 2 heterocycles. The molecule has 1 aliphatic heterocycles. The fourth-order valence-corrected chi connectivity index (χ4v) is 5.75. The van der Waals surface area contributed by atoms with E-state index in [-0.39, 0.29) is 6.09 Å². The molecule has 1 aromatic heterocycles. The summed E-state index contributed by atoms with van der Waals surface area (Å²) in [7, 11) is 0. The number of likely N-dealkylation sites (tertiary alicyclic amines) is 1. The Balaban J connectivity index is 1.47. The maximum absolute atomic E-state index is 12.5. The van der Waals surface area contributed by atoms with Crippen LogP contribution in [0.1, 0.15) is 61.7 Å². The molecule has 4 aromatic rings. The summed E-state index contributed by atoms with van der Waals surface area (Å²) < 4.78 is 7.93. The van der Waals surface area contributed by atoms with Gasteiger partial charge < -0.3 is 19.5 Å². The van der Waals surface area contributed by atoms with Crippen LogP contribution in [0.4, 0.5) is 4.79 Å². The summed E-state index contributed by atoms with van der Waals surface area (Å²) in [6, 6.07) is 32.4. The van der Waals surface area contributed by atoms with Crippen LogP contribution in [0.5, 0.6) is 0 Å². The van der Waals surface area contributed by atoms with Gasteiger partial charge in [0.05, 0.1) is 17.7 Å². The van der Waals surface area contributed by atoms with Gasteiger partial charge in [0, 0.05) is 25.7 Å². The molecule has 0 radical (unpaired) electrons. The number of hydrogen-bond donors (Lipinski definition) is 1. The van der Waals surface area contributed by atoms with Crippen LogP contribution in [-0.4, -0.2) is 45.3 Å². The van der Waals surface area contributed by atoms with E-state index in [1.807, 2.05) is 32.0 Å². The van der Waals surface area contributed by atoms with Crippen molar-refractivity contribution >= 4 is 6.09 Å². The lowest BCUT2D eigenvalue weighted by atomic mass is 9.76. The molecule has 5 rings (SSSR count).